The summed E-state index contributed by atoms with van der Waals surface area (Å²) in [5.41, 5.74) is 6.91. The SMILES string of the molecule is COc1ccc2c(c1)N=CN1CCc3c([nH]c4ccccc34)C3=NCC[C@]321. The number of aliphatic imine (C=N–C) groups is 2. The molecule has 134 valence electrons. The lowest BCUT2D eigenvalue weighted by Gasteiger charge is -2.43. The van der Waals surface area contributed by atoms with E-state index in [9.17, 15) is 0 Å². The molecule has 4 heterocycles. The Hall–Kier alpha value is -3.08. The number of para-hydroxylation sites is 1. The molecular weight excluding hydrogens is 336 g/mol. The van der Waals surface area contributed by atoms with Crippen LogP contribution in [0.1, 0.15) is 23.2 Å². The number of aromatic nitrogens is 1. The second-order valence-corrected chi connectivity index (χ2v) is 7.44. The van der Waals surface area contributed by atoms with Crippen LogP contribution in [0.2, 0.25) is 0 Å². The van der Waals surface area contributed by atoms with Crippen LogP contribution in [-0.2, 0) is 12.0 Å². The van der Waals surface area contributed by atoms with Gasteiger partial charge in [-0.1, -0.05) is 24.3 Å². The highest BCUT2D eigenvalue weighted by Gasteiger charge is 2.50. The van der Waals surface area contributed by atoms with Crippen molar-refractivity contribution in [3.05, 3.63) is 59.3 Å². The van der Waals surface area contributed by atoms with Crippen LogP contribution in [0, 0.1) is 0 Å². The Morgan fingerprint density at radius 2 is 2.11 bits per heavy atom. The topological polar surface area (TPSA) is 53.0 Å². The summed E-state index contributed by atoms with van der Waals surface area (Å²) in [5, 5.41) is 1.31. The Balaban J connectivity index is 1.63. The van der Waals surface area contributed by atoms with Crippen molar-refractivity contribution in [1.82, 2.24) is 9.88 Å². The van der Waals surface area contributed by atoms with Gasteiger partial charge < -0.3 is 14.6 Å². The van der Waals surface area contributed by atoms with Crippen molar-refractivity contribution in [2.24, 2.45) is 9.98 Å². The summed E-state index contributed by atoms with van der Waals surface area (Å²) in [6.45, 7) is 1.77. The van der Waals surface area contributed by atoms with E-state index in [0.29, 0.717) is 0 Å². The van der Waals surface area contributed by atoms with Gasteiger partial charge in [0, 0.05) is 42.0 Å². The minimum Gasteiger partial charge on any atom is -0.497 e. The number of H-pyrrole nitrogens is 1. The van der Waals surface area contributed by atoms with Gasteiger partial charge in [-0.15, -0.1) is 0 Å². The lowest BCUT2D eigenvalue weighted by Crippen LogP contribution is -2.51. The van der Waals surface area contributed by atoms with Gasteiger partial charge >= 0.3 is 0 Å². The smallest absolute Gasteiger partial charge is 0.121 e. The summed E-state index contributed by atoms with van der Waals surface area (Å²) in [4.78, 5) is 15.9. The van der Waals surface area contributed by atoms with Crippen molar-refractivity contribution in [2.75, 3.05) is 20.2 Å². The van der Waals surface area contributed by atoms with Gasteiger partial charge in [0.25, 0.3) is 0 Å². The van der Waals surface area contributed by atoms with Crippen molar-refractivity contribution >= 4 is 28.6 Å². The number of hydrogen-bond acceptors (Lipinski definition) is 4. The van der Waals surface area contributed by atoms with Crippen molar-refractivity contribution in [2.45, 2.75) is 18.4 Å². The molecular formula is C22H20N4O. The fourth-order valence-electron chi connectivity index (χ4n) is 5.03. The number of benzene rings is 2. The largest absolute Gasteiger partial charge is 0.497 e. The zero-order valence-electron chi connectivity index (χ0n) is 15.2. The maximum Gasteiger partial charge on any atom is 0.121 e. The van der Waals surface area contributed by atoms with Gasteiger partial charge in [0.15, 0.2) is 0 Å². The molecule has 0 unspecified atom stereocenters. The van der Waals surface area contributed by atoms with Crippen LogP contribution < -0.4 is 4.74 Å². The van der Waals surface area contributed by atoms with E-state index >= 15 is 0 Å². The minimum absolute atomic E-state index is 0.241. The zero-order chi connectivity index (χ0) is 18.0. The average molecular weight is 356 g/mol. The number of methoxy groups -OCH3 is 1. The highest BCUT2D eigenvalue weighted by molar-refractivity contribution is 6.14. The molecule has 3 aromatic rings. The molecule has 1 spiro atoms. The van der Waals surface area contributed by atoms with Gasteiger partial charge in [0.1, 0.15) is 11.3 Å². The van der Waals surface area contributed by atoms with E-state index in [1.807, 2.05) is 18.5 Å². The van der Waals surface area contributed by atoms with Gasteiger partial charge in [0.2, 0.25) is 0 Å². The highest BCUT2D eigenvalue weighted by atomic mass is 16.5. The van der Waals surface area contributed by atoms with Gasteiger partial charge in [0.05, 0.1) is 30.5 Å². The standard InChI is InChI=1S/C22H20N4O/c1-27-14-6-7-17-19(12-14)24-13-26-11-8-16-15-4-2-3-5-18(15)25-20(16)21-22(17,26)9-10-23-21/h2-7,12-13,25H,8-11H2,1H3/t22-/m1/s1. The summed E-state index contributed by atoms with van der Waals surface area (Å²) < 4.78 is 5.42. The lowest BCUT2D eigenvalue weighted by molar-refractivity contribution is 0.261. The zero-order valence-corrected chi connectivity index (χ0v) is 15.2. The molecule has 0 aliphatic carbocycles. The van der Waals surface area contributed by atoms with Crippen LogP contribution in [0.15, 0.2) is 52.4 Å². The molecule has 2 aromatic carbocycles. The molecule has 0 saturated heterocycles. The Morgan fingerprint density at radius 3 is 3.04 bits per heavy atom. The predicted octanol–water partition coefficient (Wildman–Crippen LogP) is 3.80. The Bertz CT molecular complexity index is 1140. The Labute approximate surface area is 157 Å². The maximum absolute atomic E-state index is 5.42. The Kier molecular flexibility index (Phi) is 2.91. The first-order chi connectivity index (χ1) is 13.3. The maximum atomic E-state index is 5.42. The van der Waals surface area contributed by atoms with E-state index in [2.05, 4.69) is 40.2 Å². The predicted molar refractivity (Wildman–Crippen MR) is 108 cm³/mol. The van der Waals surface area contributed by atoms with E-state index < -0.39 is 0 Å². The second-order valence-electron chi connectivity index (χ2n) is 7.44. The van der Waals surface area contributed by atoms with Crippen molar-refractivity contribution in [3.63, 3.8) is 0 Å². The van der Waals surface area contributed by atoms with E-state index in [1.54, 1.807) is 7.11 Å². The van der Waals surface area contributed by atoms with Crippen molar-refractivity contribution in [3.8, 4) is 5.75 Å². The lowest BCUT2D eigenvalue weighted by atomic mass is 9.79. The third kappa shape index (κ3) is 1.84. The van der Waals surface area contributed by atoms with Gasteiger partial charge in [-0.05, 0) is 24.1 Å². The number of fused-ring (bicyclic) bond motifs is 5. The van der Waals surface area contributed by atoms with Crippen molar-refractivity contribution in [1.29, 1.82) is 0 Å². The van der Waals surface area contributed by atoms with Gasteiger partial charge in [-0.25, -0.2) is 4.99 Å². The number of hydrogen-bond donors (Lipinski definition) is 1. The van der Waals surface area contributed by atoms with Crippen LogP contribution >= 0.6 is 0 Å². The summed E-state index contributed by atoms with van der Waals surface area (Å²) in [6, 6.07) is 14.8. The van der Waals surface area contributed by atoms with Crippen LogP contribution in [0.5, 0.6) is 5.75 Å². The van der Waals surface area contributed by atoms with E-state index in [0.717, 1.165) is 43.1 Å². The summed E-state index contributed by atoms with van der Waals surface area (Å²) in [7, 11) is 1.70. The molecule has 0 fully saturated rings. The summed E-state index contributed by atoms with van der Waals surface area (Å²) in [5.74, 6) is 0.840. The molecule has 1 aromatic heterocycles. The molecule has 0 bridgehead atoms. The van der Waals surface area contributed by atoms with Crippen LogP contribution in [0.3, 0.4) is 0 Å². The molecule has 5 heteroatoms. The number of nitrogens with zero attached hydrogens (tertiary/aromatic N) is 3. The quantitative estimate of drug-likeness (QED) is 0.721. The van der Waals surface area contributed by atoms with Gasteiger partial charge in [-0.2, -0.15) is 0 Å². The molecule has 3 aliphatic heterocycles. The minimum atomic E-state index is -0.241. The van der Waals surface area contributed by atoms with Crippen molar-refractivity contribution < 1.29 is 4.74 Å². The number of aromatic amines is 1. The van der Waals surface area contributed by atoms with E-state index in [4.69, 9.17) is 14.7 Å². The van der Waals surface area contributed by atoms with E-state index in [1.165, 1.54) is 27.7 Å². The third-order valence-corrected chi connectivity index (χ3v) is 6.27. The normalized spacial score (nSPS) is 22.6. The molecule has 6 rings (SSSR count). The first-order valence-corrected chi connectivity index (χ1v) is 9.45. The molecule has 5 nitrogen and oxygen atoms in total. The molecule has 0 radical (unpaired) electrons. The van der Waals surface area contributed by atoms with Crippen LogP contribution in [0.4, 0.5) is 5.69 Å². The fourth-order valence-corrected chi connectivity index (χ4v) is 5.03. The molecule has 1 N–H and O–H groups in total. The molecule has 3 aliphatic rings. The molecule has 0 saturated carbocycles. The monoisotopic (exact) mass is 356 g/mol. The molecule has 0 amide bonds. The first kappa shape index (κ1) is 15.0. The number of nitrogens with one attached hydrogen (secondary N) is 1. The summed E-state index contributed by atoms with van der Waals surface area (Å²) >= 11 is 0. The first-order valence-electron chi connectivity index (χ1n) is 9.45. The van der Waals surface area contributed by atoms with Gasteiger partial charge in [-0.3, -0.25) is 4.99 Å². The molecule has 1 atom stereocenters. The number of ether oxygens (including phenoxy) is 1. The second kappa shape index (κ2) is 5.22. The van der Waals surface area contributed by atoms with E-state index in [-0.39, 0.29) is 5.54 Å². The third-order valence-electron chi connectivity index (χ3n) is 6.27. The number of rotatable bonds is 1. The van der Waals surface area contributed by atoms with Crippen LogP contribution in [0.25, 0.3) is 10.9 Å². The van der Waals surface area contributed by atoms with Crippen LogP contribution in [-0.4, -0.2) is 42.1 Å². The molecule has 27 heavy (non-hydrogen) atoms. The average Bonchev–Trinajstić information content (AvgIpc) is 3.26. The fraction of sp³-hybridized carbons (Fsp3) is 0.273. The summed E-state index contributed by atoms with van der Waals surface area (Å²) in [6.07, 6.45) is 3.97. The Morgan fingerprint density at radius 1 is 1.19 bits per heavy atom. The highest BCUT2D eigenvalue weighted by Crippen LogP contribution is 2.48.